The third kappa shape index (κ3) is 5.68. The van der Waals surface area contributed by atoms with Crippen LogP contribution in [0.4, 0.5) is 0 Å². The number of ether oxygens (including phenoxy) is 2. The first kappa shape index (κ1) is 14.0. The number of nitrogens with two attached hydrogens (primary N) is 1. The summed E-state index contributed by atoms with van der Waals surface area (Å²) in [6.45, 7) is 6.15. The summed E-state index contributed by atoms with van der Waals surface area (Å²) in [4.78, 5) is 0. The fourth-order valence-corrected chi connectivity index (χ4v) is 1.47. The van der Waals surface area contributed by atoms with Crippen molar-refractivity contribution in [2.45, 2.75) is 13.5 Å². The Morgan fingerprint density at radius 2 is 2.06 bits per heavy atom. The number of rotatable bonds is 9. The van der Waals surface area contributed by atoms with Gasteiger partial charge in [0.15, 0.2) is 0 Å². The first-order valence-electron chi connectivity index (χ1n) is 6.07. The summed E-state index contributed by atoms with van der Waals surface area (Å²) in [6.07, 6.45) is 0. The molecule has 1 aromatic rings. The monoisotopic (exact) mass is 238 g/mol. The van der Waals surface area contributed by atoms with Crippen LogP contribution in [0.15, 0.2) is 24.3 Å². The van der Waals surface area contributed by atoms with Gasteiger partial charge in [0, 0.05) is 31.8 Å². The van der Waals surface area contributed by atoms with Gasteiger partial charge in [0.2, 0.25) is 0 Å². The summed E-state index contributed by atoms with van der Waals surface area (Å²) >= 11 is 0. The van der Waals surface area contributed by atoms with Gasteiger partial charge in [-0.15, -0.1) is 0 Å². The largest absolute Gasteiger partial charge is 0.491 e. The van der Waals surface area contributed by atoms with E-state index in [0.717, 1.165) is 31.0 Å². The Hall–Kier alpha value is -1.10. The van der Waals surface area contributed by atoms with Crippen LogP contribution in [0, 0.1) is 0 Å². The molecule has 0 atom stereocenters. The van der Waals surface area contributed by atoms with Gasteiger partial charge in [0.1, 0.15) is 12.4 Å². The molecule has 0 bridgehead atoms. The fourth-order valence-electron chi connectivity index (χ4n) is 1.47. The zero-order valence-electron chi connectivity index (χ0n) is 10.4. The summed E-state index contributed by atoms with van der Waals surface area (Å²) < 4.78 is 10.9. The van der Waals surface area contributed by atoms with E-state index in [2.05, 4.69) is 11.4 Å². The van der Waals surface area contributed by atoms with Crippen molar-refractivity contribution in [1.82, 2.24) is 5.32 Å². The number of benzene rings is 1. The van der Waals surface area contributed by atoms with E-state index in [1.165, 1.54) is 0 Å². The molecule has 0 saturated heterocycles. The maximum absolute atomic E-state index is 5.67. The zero-order valence-corrected chi connectivity index (χ0v) is 10.4. The second kappa shape index (κ2) is 8.98. The van der Waals surface area contributed by atoms with Gasteiger partial charge in [-0.1, -0.05) is 18.2 Å². The third-order valence-electron chi connectivity index (χ3n) is 2.30. The molecule has 4 heteroatoms. The molecule has 0 unspecified atom stereocenters. The second-order valence-electron chi connectivity index (χ2n) is 3.62. The normalized spacial score (nSPS) is 10.5. The van der Waals surface area contributed by atoms with Crippen LogP contribution in [0.2, 0.25) is 0 Å². The van der Waals surface area contributed by atoms with Gasteiger partial charge in [-0.3, -0.25) is 0 Å². The van der Waals surface area contributed by atoms with Crippen LogP contribution >= 0.6 is 0 Å². The van der Waals surface area contributed by atoms with Crippen molar-refractivity contribution in [2.24, 2.45) is 5.73 Å². The molecule has 0 aliphatic heterocycles. The molecule has 0 fully saturated rings. The molecule has 96 valence electrons. The van der Waals surface area contributed by atoms with Crippen LogP contribution in [-0.2, 0) is 11.3 Å². The van der Waals surface area contributed by atoms with E-state index >= 15 is 0 Å². The minimum atomic E-state index is 0.585. The van der Waals surface area contributed by atoms with Crippen molar-refractivity contribution in [2.75, 3.05) is 32.9 Å². The van der Waals surface area contributed by atoms with Crippen LogP contribution in [-0.4, -0.2) is 32.9 Å². The molecule has 4 nitrogen and oxygen atoms in total. The van der Waals surface area contributed by atoms with Crippen molar-refractivity contribution in [1.29, 1.82) is 0 Å². The minimum Gasteiger partial charge on any atom is -0.491 e. The van der Waals surface area contributed by atoms with Crippen molar-refractivity contribution in [3.63, 3.8) is 0 Å². The highest BCUT2D eigenvalue weighted by Gasteiger charge is 2.01. The van der Waals surface area contributed by atoms with Crippen LogP contribution in [0.5, 0.6) is 5.75 Å². The van der Waals surface area contributed by atoms with E-state index in [1.807, 2.05) is 25.1 Å². The highest BCUT2D eigenvalue weighted by atomic mass is 16.5. The molecule has 1 aromatic carbocycles. The van der Waals surface area contributed by atoms with E-state index in [9.17, 15) is 0 Å². The number of para-hydroxylation sites is 1. The first-order valence-corrected chi connectivity index (χ1v) is 6.07. The van der Waals surface area contributed by atoms with E-state index in [4.69, 9.17) is 15.2 Å². The molecule has 0 heterocycles. The van der Waals surface area contributed by atoms with Gasteiger partial charge < -0.3 is 20.5 Å². The molecule has 0 saturated carbocycles. The summed E-state index contributed by atoms with van der Waals surface area (Å²) in [5.74, 6) is 0.914. The third-order valence-corrected chi connectivity index (χ3v) is 2.30. The summed E-state index contributed by atoms with van der Waals surface area (Å²) in [5, 5.41) is 3.26. The van der Waals surface area contributed by atoms with Crippen LogP contribution in [0.25, 0.3) is 0 Å². The first-order chi connectivity index (χ1) is 8.38. The standard InChI is InChI=1S/C13H22N2O2/c1-2-16-9-10-17-13-6-4-3-5-12(13)11-15-8-7-14/h3-6,15H,2,7-11,14H2,1H3. The molecule has 17 heavy (non-hydrogen) atoms. The molecule has 3 N–H and O–H groups in total. The van der Waals surface area contributed by atoms with Gasteiger partial charge in [0.25, 0.3) is 0 Å². The number of hydrogen-bond acceptors (Lipinski definition) is 4. The van der Waals surface area contributed by atoms with E-state index in [1.54, 1.807) is 0 Å². The number of nitrogens with one attached hydrogen (secondary N) is 1. The quantitative estimate of drug-likeness (QED) is 0.634. The molecule has 0 spiro atoms. The Kier molecular flexibility index (Phi) is 7.38. The topological polar surface area (TPSA) is 56.5 Å². The molecule has 0 radical (unpaired) electrons. The average molecular weight is 238 g/mol. The van der Waals surface area contributed by atoms with Crippen molar-refractivity contribution >= 4 is 0 Å². The van der Waals surface area contributed by atoms with Crippen molar-refractivity contribution in [3.05, 3.63) is 29.8 Å². The Balaban J connectivity index is 2.40. The molecule has 1 rings (SSSR count). The predicted molar refractivity (Wildman–Crippen MR) is 69.2 cm³/mol. The Labute approximate surface area is 103 Å². The highest BCUT2D eigenvalue weighted by molar-refractivity contribution is 5.33. The van der Waals surface area contributed by atoms with Crippen LogP contribution < -0.4 is 15.8 Å². The van der Waals surface area contributed by atoms with E-state index in [0.29, 0.717) is 19.8 Å². The SMILES string of the molecule is CCOCCOc1ccccc1CNCCN. The molecule has 0 amide bonds. The van der Waals surface area contributed by atoms with Crippen LogP contribution in [0.1, 0.15) is 12.5 Å². The van der Waals surface area contributed by atoms with Gasteiger partial charge >= 0.3 is 0 Å². The molecule has 0 aliphatic rings. The van der Waals surface area contributed by atoms with Gasteiger partial charge in [-0.05, 0) is 13.0 Å². The lowest BCUT2D eigenvalue weighted by Gasteiger charge is -2.11. The second-order valence-corrected chi connectivity index (χ2v) is 3.62. The maximum atomic E-state index is 5.67. The van der Waals surface area contributed by atoms with Crippen molar-refractivity contribution in [3.8, 4) is 5.75 Å². The van der Waals surface area contributed by atoms with Crippen molar-refractivity contribution < 1.29 is 9.47 Å². The predicted octanol–water partition coefficient (Wildman–Crippen LogP) is 1.15. The Morgan fingerprint density at radius 3 is 2.82 bits per heavy atom. The average Bonchev–Trinajstić information content (AvgIpc) is 2.36. The van der Waals surface area contributed by atoms with Gasteiger partial charge in [0.05, 0.1) is 6.61 Å². The molecule has 0 aliphatic carbocycles. The molecular weight excluding hydrogens is 216 g/mol. The maximum Gasteiger partial charge on any atom is 0.123 e. The van der Waals surface area contributed by atoms with Crippen LogP contribution in [0.3, 0.4) is 0 Å². The van der Waals surface area contributed by atoms with Gasteiger partial charge in [-0.25, -0.2) is 0 Å². The lowest BCUT2D eigenvalue weighted by atomic mass is 10.2. The Bertz CT molecular complexity index is 305. The lowest BCUT2D eigenvalue weighted by molar-refractivity contribution is 0.110. The summed E-state index contributed by atoms with van der Waals surface area (Å²) in [7, 11) is 0. The number of hydrogen-bond donors (Lipinski definition) is 2. The van der Waals surface area contributed by atoms with E-state index in [-0.39, 0.29) is 0 Å². The smallest absolute Gasteiger partial charge is 0.123 e. The van der Waals surface area contributed by atoms with E-state index < -0.39 is 0 Å². The van der Waals surface area contributed by atoms with Gasteiger partial charge in [-0.2, -0.15) is 0 Å². The minimum absolute atomic E-state index is 0.585. The molecular formula is C13H22N2O2. The zero-order chi connectivity index (χ0) is 12.3. The lowest BCUT2D eigenvalue weighted by Crippen LogP contribution is -2.22. The molecule has 0 aromatic heterocycles. The fraction of sp³-hybridized carbons (Fsp3) is 0.538. The summed E-state index contributed by atoms with van der Waals surface area (Å²) in [5.41, 5.74) is 6.58. The highest BCUT2D eigenvalue weighted by Crippen LogP contribution is 2.17. The summed E-state index contributed by atoms with van der Waals surface area (Å²) in [6, 6.07) is 8.02. The Morgan fingerprint density at radius 1 is 1.24 bits per heavy atom.